The molecule has 144 valence electrons. The number of rotatable bonds is 5. The van der Waals surface area contributed by atoms with Crippen LogP contribution in [0.25, 0.3) is 0 Å². The molecule has 2 aromatic rings. The van der Waals surface area contributed by atoms with Crippen molar-refractivity contribution < 1.29 is 0 Å². The molecule has 1 fully saturated rings. The standard InChI is InChI=1S/C20H29N7/c1-21-19(24-15-17-5-7-18(8-6-17)16-25(2)3)26-11-13-27(14-12-26)20-22-9-4-10-23-20/h4-10H,11-16H2,1-3H3,(H,21,24). The molecule has 1 aliphatic heterocycles. The van der Waals surface area contributed by atoms with E-state index in [4.69, 9.17) is 0 Å². The molecule has 0 aliphatic carbocycles. The largest absolute Gasteiger partial charge is 0.352 e. The highest BCUT2D eigenvalue weighted by atomic mass is 15.4. The third-order valence-corrected chi connectivity index (χ3v) is 4.60. The van der Waals surface area contributed by atoms with Gasteiger partial charge in [0.1, 0.15) is 0 Å². The molecule has 0 radical (unpaired) electrons. The Bertz CT molecular complexity index is 720. The minimum Gasteiger partial charge on any atom is -0.352 e. The summed E-state index contributed by atoms with van der Waals surface area (Å²) in [6, 6.07) is 10.6. The van der Waals surface area contributed by atoms with Gasteiger partial charge in [-0.15, -0.1) is 0 Å². The van der Waals surface area contributed by atoms with E-state index in [0.717, 1.165) is 51.2 Å². The first kappa shape index (κ1) is 19.1. The second-order valence-electron chi connectivity index (χ2n) is 6.98. The number of hydrogen-bond donors (Lipinski definition) is 1. The molecule has 0 atom stereocenters. The van der Waals surface area contributed by atoms with E-state index in [1.165, 1.54) is 11.1 Å². The average Bonchev–Trinajstić information content (AvgIpc) is 2.70. The number of piperazine rings is 1. The van der Waals surface area contributed by atoms with E-state index in [-0.39, 0.29) is 0 Å². The number of nitrogens with one attached hydrogen (secondary N) is 1. The van der Waals surface area contributed by atoms with E-state index >= 15 is 0 Å². The van der Waals surface area contributed by atoms with Crippen LogP contribution in [0.15, 0.2) is 47.7 Å². The van der Waals surface area contributed by atoms with Crippen molar-refractivity contribution in [2.75, 3.05) is 52.2 Å². The zero-order valence-electron chi connectivity index (χ0n) is 16.5. The predicted octanol–water partition coefficient (Wildman–Crippen LogP) is 1.44. The lowest BCUT2D eigenvalue weighted by Gasteiger charge is -2.36. The molecule has 1 aromatic carbocycles. The lowest BCUT2D eigenvalue weighted by Crippen LogP contribution is -2.52. The summed E-state index contributed by atoms with van der Waals surface area (Å²) in [6.07, 6.45) is 3.58. The van der Waals surface area contributed by atoms with E-state index in [0.29, 0.717) is 0 Å². The van der Waals surface area contributed by atoms with Crippen molar-refractivity contribution in [3.05, 3.63) is 53.9 Å². The molecule has 1 aliphatic rings. The molecule has 0 spiro atoms. The predicted molar refractivity (Wildman–Crippen MR) is 110 cm³/mol. The Labute approximate surface area is 161 Å². The Hall–Kier alpha value is -2.67. The van der Waals surface area contributed by atoms with Crippen LogP contribution in [-0.4, -0.2) is 73.0 Å². The molecule has 3 rings (SSSR count). The highest BCUT2D eigenvalue weighted by Crippen LogP contribution is 2.10. The second-order valence-corrected chi connectivity index (χ2v) is 6.98. The van der Waals surface area contributed by atoms with E-state index in [1.807, 2.05) is 13.1 Å². The number of anilines is 1. The van der Waals surface area contributed by atoms with Crippen molar-refractivity contribution in [3.63, 3.8) is 0 Å². The van der Waals surface area contributed by atoms with Gasteiger partial charge in [0.15, 0.2) is 5.96 Å². The number of benzene rings is 1. The number of hydrogen-bond acceptors (Lipinski definition) is 5. The maximum atomic E-state index is 4.46. The van der Waals surface area contributed by atoms with Gasteiger partial charge in [-0.05, 0) is 31.3 Å². The first-order valence-electron chi connectivity index (χ1n) is 9.36. The Balaban J connectivity index is 1.50. The Kier molecular flexibility index (Phi) is 6.59. The SMILES string of the molecule is CN=C(NCc1ccc(CN(C)C)cc1)N1CCN(c2ncccn2)CC1. The molecular formula is C20H29N7. The van der Waals surface area contributed by atoms with Crippen LogP contribution in [0, 0.1) is 0 Å². The number of guanidine groups is 1. The Morgan fingerprint density at radius 3 is 2.26 bits per heavy atom. The van der Waals surface area contributed by atoms with Gasteiger partial charge in [0.25, 0.3) is 0 Å². The van der Waals surface area contributed by atoms with Crippen LogP contribution >= 0.6 is 0 Å². The fourth-order valence-corrected chi connectivity index (χ4v) is 3.21. The highest BCUT2D eigenvalue weighted by Gasteiger charge is 2.20. The molecule has 0 saturated carbocycles. The maximum Gasteiger partial charge on any atom is 0.225 e. The van der Waals surface area contributed by atoms with Crippen LogP contribution in [0.1, 0.15) is 11.1 Å². The maximum absolute atomic E-state index is 4.46. The van der Waals surface area contributed by atoms with Crippen LogP contribution in [0.2, 0.25) is 0 Å². The smallest absolute Gasteiger partial charge is 0.225 e. The molecule has 27 heavy (non-hydrogen) atoms. The third-order valence-electron chi connectivity index (χ3n) is 4.60. The lowest BCUT2D eigenvalue weighted by atomic mass is 10.1. The average molecular weight is 368 g/mol. The van der Waals surface area contributed by atoms with E-state index in [1.54, 1.807) is 12.4 Å². The summed E-state index contributed by atoms with van der Waals surface area (Å²) < 4.78 is 0. The van der Waals surface area contributed by atoms with Crippen LogP contribution in [0.3, 0.4) is 0 Å². The molecule has 7 nitrogen and oxygen atoms in total. The molecule has 0 unspecified atom stereocenters. The van der Waals surface area contributed by atoms with E-state index in [2.05, 4.69) is 73.3 Å². The summed E-state index contributed by atoms with van der Waals surface area (Å²) >= 11 is 0. The van der Waals surface area contributed by atoms with Crippen LogP contribution in [-0.2, 0) is 13.1 Å². The van der Waals surface area contributed by atoms with Gasteiger partial charge in [-0.1, -0.05) is 24.3 Å². The summed E-state index contributed by atoms with van der Waals surface area (Å²) in [6.45, 7) is 5.33. The number of aromatic nitrogens is 2. The van der Waals surface area contributed by atoms with Crippen molar-refractivity contribution in [2.45, 2.75) is 13.1 Å². The molecule has 0 bridgehead atoms. The third kappa shape index (κ3) is 5.40. The monoisotopic (exact) mass is 367 g/mol. The molecule has 1 saturated heterocycles. The van der Waals surface area contributed by atoms with Gasteiger partial charge in [0, 0.05) is 58.7 Å². The quantitative estimate of drug-likeness (QED) is 0.637. The summed E-state index contributed by atoms with van der Waals surface area (Å²) in [5, 5.41) is 3.49. The lowest BCUT2D eigenvalue weighted by molar-refractivity contribution is 0.370. The minimum atomic E-state index is 0.775. The van der Waals surface area contributed by atoms with E-state index in [9.17, 15) is 0 Å². The summed E-state index contributed by atoms with van der Waals surface area (Å²) in [5.41, 5.74) is 2.59. The summed E-state index contributed by atoms with van der Waals surface area (Å²) in [7, 11) is 6.02. The van der Waals surface area contributed by atoms with Crippen LogP contribution < -0.4 is 10.2 Å². The summed E-state index contributed by atoms with van der Waals surface area (Å²) in [5.74, 6) is 1.75. The van der Waals surface area contributed by atoms with Crippen LogP contribution in [0.4, 0.5) is 5.95 Å². The van der Waals surface area contributed by atoms with Gasteiger partial charge < -0.3 is 20.0 Å². The van der Waals surface area contributed by atoms with Gasteiger partial charge >= 0.3 is 0 Å². The normalized spacial score (nSPS) is 15.3. The first-order valence-corrected chi connectivity index (χ1v) is 9.36. The minimum absolute atomic E-state index is 0.775. The van der Waals surface area contributed by atoms with Crippen molar-refractivity contribution in [3.8, 4) is 0 Å². The van der Waals surface area contributed by atoms with E-state index < -0.39 is 0 Å². The van der Waals surface area contributed by atoms with Crippen LogP contribution in [0.5, 0.6) is 0 Å². The molecule has 7 heteroatoms. The first-order chi connectivity index (χ1) is 13.2. The Morgan fingerprint density at radius 1 is 1.04 bits per heavy atom. The van der Waals surface area contributed by atoms with Gasteiger partial charge in [-0.25, -0.2) is 9.97 Å². The van der Waals surface area contributed by atoms with Gasteiger partial charge in [-0.2, -0.15) is 0 Å². The second kappa shape index (κ2) is 9.32. The number of aliphatic imine (C=N–C) groups is 1. The summed E-state index contributed by atoms with van der Waals surface area (Å²) in [4.78, 5) is 19.8. The van der Waals surface area contributed by atoms with Crippen molar-refractivity contribution in [2.24, 2.45) is 4.99 Å². The zero-order chi connectivity index (χ0) is 19.1. The Morgan fingerprint density at radius 2 is 1.67 bits per heavy atom. The topological polar surface area (TPSA) is 59.9 Å². The zero-order valence-corrected chi connectivity index (χ0v) is 16.5. The van der Waals surface area contributed by atoms with Crippen molar-refractivity contribution >= 4 is 11.9 Å². The van der Waals surface area contributed by atoms with Gasteiger partial charge in [0.2, 0.25) is 5.95 Å². The van der Waals surface area contributed by atoms with Crippen molar-refractivity contribution in [1.82, 2.24) is 25.1 Å². The van der Waals surface area contributed by atoms with Crippen molar-refractivity contribution in [1.29, 1.82) is 0 Å². The highest BCUT2D eigenvalue weighted by molar-refractivity contribution is 5.80. The number of nitrogens with zero attached hydrogens (tertiary/aromatic N) is 6. The molecule has 0 amide bonds. The fourth-order valence-electron chi connectivity index (χ4n) is 3.21. The van der Waals surface area contributed by atoms with Gasteiger partial charge in [-0.3, -0.25) is 4.99 Å². The molecule has 2 heterocycles. The molecule has 1 aromatic heterocycles. The molecular weight excluding hydrogens is 338 g/mol. The fraction of sp³-hybridized carbons (Fsp3) is 0.450. The molecule has 1 N–H and O–H groups in total. The van der Waals surface area contributed by atoms with Gasteiger partial charge in [0.05, 0.1) is 0 Å².